The fourth-order valence-electron chi connectivity index (χ4n) is 1.36. The molecule has 0 radical (unpaired) electrons. The average Bonchev–Trinajstić information content (AvgIpc) is 2.20. The number of hydrogen-bond donors (Lipinski definition) is 1. The van der Waals surface area contributed by atoms with Crippen LogP contribution in [0.15, 0.2) is 0 Å². The van der Waals surface area contributed by atoms with E-state index in [-0.39, 0.29) is 11.7 Å². The lowest BCUT2D eigenvalue weighted by Gasteiger charge is -2.27. The highest BCUT2D eigenvalue weighted by Crippen LogP contribution is 2.20. The van der Waals surface area contributed by atoms with E-state index in [1.165, 1.54) is 0 Å². The first-order chi connectivity index (χ1) is 7.70. The summed E-state index contributed by atoms with van der Waals surface area (Å²) in [6.45, 7) is 11.7. The molecular weight excluding hydrogens is 218 g/mol. The Balaban J connectivity index is 4.56. The monoisotopic (exact) mass is 243 g/mol. The van der Waals surface area contributed by atoms with Crippen molar-refractivity contribution < 1.29 is 14.3 Å². The maximum atomic E-state index is 12.1. The van der Waals surface area contributed by atoms with Crippen molar-refractivity contribution in [3.63, 3.8) is 0 Å². The van der Waals surface area contributed by atoms with Crippen molar-refractivity contribution in [3.05, 3.63) is 0 Å². The molecule has 0 aliphatic rings. The fraction of sp³-hybridized carbons (Fsp3) is 0.846. The molecule has 17 heavy (non-hydrogen) atoms. The Morgan fingerprint density at radius 3 is 2.12 bits per heavy atom. The summed E-state index contributed by atoms with van der Waals surface area (Å²) in [6, 6.07) is -0.487. The van der Waals surface area contributed by atoms with E-state index < -0.39 is 17.6 Å². The predicted molar refractivity (Wildman–Crippen MR) is 67.9 cm³/mol. The van der Waals surface area contributed by atoms with Gasteiger partial charge >= 0.3 is 6.09 Å². The van der Waals surface area contributed by atoms with E-state index in [9.17, 15) is 9.59 Å². The van der Waals surface area contributed by atoms with Gasteiger partial charge in [0.2, 0.25) is 0 Å². The second-order valence-electron chi connectivity index (χ2n) is 5.62. The lowest BCUT2D eigenvalue weighted by atomic mass is 9.82. The highest BCUT2D eigenvalue weighted by atomic mass is 16.5. The van der Waals surface area contributed by atoms with Crippen LogP contribution in [0.5, 0.6) is 0 Å². The zero-order valence-electron chi connectivity index (χ0n) is 11.8. The van der Waals surface area contributed by atoms with Gasteiger partial charge in [0.25, 0.3) is 0 Å². The molecule has 1 atom stereocenters. The van der Waals surface area contributed by atoms with Crippen LogP contribution in [0.1, 0.15) is 48.0 Å². The molecule has 0 aliphatic heterocycles. The lowest BCUT2D eigenvalue weighted by Crippen LogP contribution is -2.48. The van der Waals surface area contributed by atoms with Crippen LogP contribution in [0.2, 0.25) is 0 Å². The van der Waals surface area contributed by atoms with Gasteiger partial charge in [-0.25, -0.2) is 4.79 Å². The molecular formula is C13H25NO3. The van der Waals surface area contributed by atoms with Crippen LogP contribution in [0.4, 0.5) is 4.79 Å². The Kier molecular flexibility index (Phi) is 6.21. The topological polar surface area (TPSA) is 55.4 Å². The third-order valence-corrected chi connectivity index (χ3v) is 2.40. The molecule has 0 fully saturated rings. The van der Waals surface area contributed by atoms with Crippen LogP contribution in [0.3, 0.4) is 0 Å². The molecule has 0 aromatic rings. The first-order valence-corrected chi connectivity index (χ1v) is 6.17. The molecule has 0 aliphatic carbocycles. The first kappa shape index (κ1) is 15.9. The third-order valence-electron chi connectivity index (χ3n) is 2.40. The molecule has 0 spiro atoms. The Morgan fingerprint density at radius 1 is 1.24 bits per heavy atom. The predicted octanol–water partition coefficient (Wildman–Crippen LogP) is 2.76. The number of nitrogens with one attached hydrogen (secondary N) is 1. The number of rotatable bonds is 5. The molecule has 0 saturated carbocycles. The molecule has 0 saturated heterocycles. The summed E-state index contributed by atoms with van der Waals surface area (Å²) in [6.07, 6.45) is 0.260. The number of Topliss-reactive ketones (excluding diaryl/α,β-unsaturated/α-hetero) is 1. The fourth-order valence-corrected chi connectivity index (χ4v) is 1.36. The average molecular weight is 243 g/mol. The Bertz CT molecular complexity index is 266. The van der Waals surface area contributed by atoms with Crippen molar-refractivity contribution in [2.75, 3.05) is 6.61 Å². The summed E-state index contributed by atoms with van der Waals surface area (Å²) in [5.41, 5.74) is -0.465. The van der Waals surface area contributed by atoms with Crippen molar-refractivity contribution in [2.24, 2.45) is 11.3 Å². The summed E-state index contributed by atoms with van der Waals surface area (Å²) in [5.74, 6) is 0.0804. The number of alkyl carbamates (subject to hydrolysis) is 1. The van der Waals surface area contributed by atoms with Crippen LogP contribution in [0.25, 0.3) is 0 Å². The van der Waals surface area contributed by atoms with Crippen LogP contribution < -0.4 is 5.32 Å². The van der Waals surface area contributed by atoms with Crippen molar-refractivity contribution >= 4 is 11.9 Å². The van der Waals surface area contributed by atoms with Crippen molar-refractivity contribution in [2.45, 2.75) is 54.0 Å². The highest BCUT2D eigenvalue weighted by molar-refractivity contribution is 5.91. The number of carbonyl (C=O) groups is 2. The van der Waals surface area contributed by atoms with Crippen LogP contribution in [0, 0.1) is 11.3 Å². The molecule has 0 aromatic carbocycles. The smallest absolute Gasteiger partial charge is 0.407 e. The minimum Gasteiger partial charge on any atom is -0.450 e. The summed E-state index contributed by atoms with van der Waals surface area (Å²) in [5, 5.41) is 2.65. The van der Waals surface area contributed by atoms with Crippen molar-refractivity contribution in [1.82, 2.24) is 5.32 Å². The highest BCUT2D eigenvalue weighted by Gasteiger charge is 2.32. The van der Waals surface area contributed by atoms with Gasteiger partial charge in [0, 0.05) is 5.41 Å². The van der Waals surface area contributed by atoms with Gasteiger partial charge < -0.3 is 10.1 Å². The second-order valence-corrected chi connectivity index (χ2v) is 5.62. The van der Waals surface area contributed by atoms with E-state index in [0.717, 1.165) is 6.42 Å². The van der Waals surface area contributed by atoms with E-state index >= 15 is 0 Å². The van der Waals surface area contributed by atoms with Gasteiger partial charge in [-0.2, -0.15) is 0 Å². The summed E-state index contributed by atoms with van der Waals surface area (Å²) in [7, 11) is 0. The molecule has 100 valence electrons. The molecule has 0 heterocycles. The molecule has 0 bridgehead atoms. The standard InChI is InChI=1S/C13H25NO3/c1-7-8-17-12(16)14-10(9(2)3)11(15)13(4,5)6/h9-10H,7-8H2,1-6H3,(H,14,16). The van der Waals surface area contributed by atoms with Gasteiger partial charge in [-0.3, -0.25) is 4.79 Å². The number of ketones is 1. The molecule has 4 nitrogen and oxygen atoms in total. The maximum absolute atomic E-state index is 12.1. The van der Waals surface area contributed by atoms with E-state index in [1.807, 2.05) is 41.5 Å². The molecule has 1 N–H and O–H groups in total. The summed E-state index contributed by atoms with van der Waals surface area (Å²) in [4.78, 5) is 23.6. The molecule has 0 aromatic heterocycles. The van der Waals surface area contributed by atoms with Gasteiger partial charge in [-0.05, 0) is 12.3 Å². The van der Waals surface area contributed by atoms with Crippen molar-refractivity contribution in [3.8, 4) is 0 Å². The van der Waals surface area contributed by atoms with E-state index in [1.54, 1.807) is 0 Å². The molecule has 1 unspecified atom stereocenters. The minimum absolute atomic E-state index is 0.0287. The number of amides is 1. The van der Waals surface area contributed by atoms with Crippen molar-refractivity contribution in [1.29, 1.82) is 0 Å². The van der Waals surface area contributed by atoms with Crippen LogP contribution in [-0.2, 0) is 9.53 Å². The van der Waals surface area contributed by atoms with Gasteiger partial charge in [-0.1, -0.05) is 41.5 Å². The first-order valence-electron chi connectivity index (χ1n) is 6.17. The molecule has 0 rings (SSSR count). The molecule has 4 heteroatoms. The number of ether oxygens (including phenoxy) is 1. The Hall–Kier alpha value is -1.06. The van der Waals surface area contributed by atoms with Crippen LogP contribution >= 0.6 is 0 Å². The lowest BCUT2D eigenvalue weighted by molar-refractivity contribution is -0.129. The van der Waals surface area contributed by atoms with Gasteiger partial charge in [0.05, 0.1) is 12.6 Å². The summed E-state index contributed by atoms with van der Waals surface area (Å²) >= 11 is 0. The maximum Gasteiger partial charge on any atom is 0.407 e. The largest absolute Gasteiger partial charge is 0.450 e. The van der Waals surface area contributed by atoms with Gasteiger partial charge in [0.15, 0.2) is 5.78 Å². The zero-order chi connectivity index (χ0) is 13.6. The van der Waals surface area contributed by atoms with Crippen LogP contribution in [-0.4, -0.2) is 24.5 Å². The van der Waals surface area contributed by atoms with E-state index in [2.05, 4.69) is 5.32 Å². The van der Waals surface area contributed by atoms with Gasteiger partial charge in [0.1, 0.15) is 0 Å². The third kappa shape index (κ3) is 5.71. The Morgan fingerprint density at radius 2 is 1.76 bits per heavy atom. The zero-order valence-corrected chi connectivity index (χ0v) is 11.8. The Labute approximate surface area is 104 Å². The number of hydrogen-bond acceptors (Lipinski definition) is 3. The quantitative estimate of drug-likeness (QED) is 0.807. The summed E-state index contributed by atoms with van der Waals surface area (Å²) < 4.78 is 4.93. The minimum atomic E-state index is -0.511. The normalized spacial score (nSPS) is 13.4. The van der Waals surface area contributed by atoms with Gasteiger partial charge in [-0.15, -0.1) is 0 Å². The second kappa shape index (κ2) is 6.62. The SMILES string of the molecule is CCCOC(=O)NC(C(=O)C(C)(C)C)C(C)C. The number of carbonyl (C=O) groups excluding carboxylic acids is 2. The molecule has 1 amide bonds. The van der Waals surface area contributed by atoms with E-state index in [4.69, 9.17) is 4.74 Å². The van der Waals surface area contributed by atoms with E-state index in [0.29, 0.717) is 6.61 Å².